The molecular weight excluding hydrogens is 171 g/mol. The molecule has 0 unspecified atom stereocenters. The van der Waals surface area contributed by atoms with Crippen LogP contribution in [0, 0.1) is 0 Å². The van der Waals surface area contributed by atoms with Crippen LogP contribution in [0.3, 0.4) is 0 Å². The minimum atomic E-state index is -4.40. The topological polar surface area (TPSA) is 51.2 Å². The van der Waals surface area contributed by atoms with Crippen LogP contribution in [0.5, 0.6) is 0 Å². The highest BCUT2D eigenvalue weighted by Crippen LogP contribution is 2.22. The normalized spacial score (nSPS) is 22.1. The van der Waals surface area contributed by atoms with E-state index in [4.69, 9.17) is 0 Å². The first kappa shape index (κ1) is 8.64. The van der Waals surface area contributed by atoms with Crippen molar-refractivity contribution >= 4 is 16.0 Å². The summed E-state index contributed by atoms with van der Waals surface area (Å²) in [7, 11) is -4.40. The molecule has 0 aromatic carbocycles. The van der Waals surface area contributed by atoms with Gasteiger partial charge in [-0.2, -0.15) is 8.42 Å². The lowest BCUT2D eigenvalue weighted by molar-refractivity contribution is -0.120. The molecule has 1 rings (SSSR count). The van der Waals surface area contributed by atoms with Crippen molar-refractivity contribution in [1.82, 2.24) is 0 Å². The third kappa shape index (κ3) is 2.25. The fraction of sp³-hybridized carbons (Fsp3) is 0.833. The molecule has 11 heavy (non-hydrogen) atoms. The third-order valence-electron chi connectivity index (χ3n) is 1.89. The summed E-state index contributed by atoms with van der Waals surface area (Å²) in [6.07, 6.45) is 0.705. The first-order valence-corrected chi connectivity index (χ1v) is 4.90. The number of ketones is 1. The van der Waals surface area contributed by atoms with Gasteiger partial charge in [0.05, 0.1) is 5.25 Å². The second-order valence-electron chi connectivity index (χ2n) is 2.71. The molecule has 64 valence electrons. The Kier molecular flexibility index (Phi) is 2.27. The van der Waals surface area contributed by atoms with E-state index in [1.165, 1.54) is 0 Å². The van der Waals surface area contributed by atoms with Crippen LogP contribution in [-0.4, -0.2) is 19.5 Å². The van der Waals surface area contributed by atoms with E-state index in [0.717, 1.165) is 0 Å². The Balaban J connectivity index is 2.60. The molecule has 0 atom stereocenters. The van der Waals surface area contributed by atoms with Crippen LogP contribution in [0.4, 0.5) is 3.89 Å². The molecule has 1 fully saturated rings. The molecule has 0 saturated heterocycles. The number of carbonyl (C=O) groups is 1. The molecule has 0 radical (unpaired) electrons. The standard InChI is InChI=1S/C6H9FO3S/c7-11(9,10)6-3-1-5(8)2-4-6/h6H,1-4H2. The van der Waals surface area contributed by atoms with Crippen LogP contribution < -0.4 is 0 Å². The number of Topliss-reactive ketones (excluding diaryl/α,β-unsaturated/α-hetero) is 1. The summed E-state index contributed by atoms with van der Waals surface area (Å²) in [5.41, 5.74) is 0. The van der Waals surface area contributed by atoms with Gasteiger partial charge in [-0.15, -0.1) is 3.89 Å². The van der Waals surface area contributed by atoms with Gasteiger partial charge in [-0.05, 0) is 12.8 Å². The summed E-state index contributed by atoms with van der Waals surface area (Å²) in [6.45, 7) is 0. The SMILES string of the molecule is O=C1CCC(S(=O)(=O)F)CC1. The summed E-state index contributed by atoms with van der Waals surface area (Å²) in [5, 5.41) is -0.930. The fourth-order valence-corrected chi connectivity index (χ4v) is 1.99. The van der Waals surface area contributed by atoms with E-state index in [2.05, 4.69) is 0 Å². The van der Waals surface area contributed by atoms with Gasteiger partial charge >= 0.3 is 10.2 Å². The first-order chi connectivity index (χ1) is 5.00. The molecule has 0 heterocycles. The van der Waals surface area contributed by atoms with E-state index < -0.39 is 15.5 Å². The Morgan fingerprint density at radius 3 is 2.09 bits per heavy atom. The van der Waals surface area contributed by atoms with Gasteiger partial charge in [0.1, 0.15) is 5.78 Å². The lowest BCUT2D eigenvalue weighted by atomic mass is 9.99. The highest BCUT2D eigenvalue weighted by molar-refractivity contribution is 7.87. The zero-order valence-electron chi connectivity index (χ0n) is 5.92. The van der Waals surface area contributed by atoms with Crippen molar-refractivity contribution in [3.8, 4) is 0 Å². The van der Waals surface area contributed by atoms with E-state index in [9.17, 15) is 17.1 Å². The van der Waals surface area contributed by atoms with Crippen molar-refractivity contribution in [3.05, 3.63) is 0 Å². The largest absolute Gasteiger partial charge is 0.305 e. The van der Waals surface area contributed by atoms with E-state index in [-0.39, 0.29) is 31.5 Å². The van der Waals surface area contributed by atoms with Crippen LogP contribution >= 0.6 is 0 Å². The van der Waals surface area contributed by atoms with Gasteiger partial charge in [-0.1, -0.05) is 0 Å². The minimum absolute atomic E-state index is 0.0323. The number of rotatable bonds is 1. The number of carbonyl (C=O) groups excluding carboxylic acids is 1. The summed E-state index contributed by atoms with van der Waals surface area (Å²) < 4.78 is 32.9. The monoisotopic (exact) mass is 180 g/mol. The molecule has 0 aromatic heterocycles. The lowest BCUT2D eigenvalue weighted by Gasteiger charge is -2.16. The zero-order valence-corrected chi connectivity index (χ0v) is 6.73. The van der Waals surface area contributed by atoms with Crippen LogP contribution in [0.2, 0.25) is 0 Å². The molecule has 0 amide bonds. The Morgan fingerprint density at radius 1 is 1.27 bits per heavy atom. The summed E-state index contributed by atoms with van der Waals surface area (Å²) >= 11 is 0. The highest BCUT2D eigenvalue weighted by atomic mass is 32.3. The molecule has 1 aliphatic rings. The van der Waals surface area contributed by atoms with Gasteiger partial charge in [0.25, 0.3) is 0 Å². The van der Waals surface area contributed by atoms with E-state index in [0.29, 0.717) is 0 Å². The zero-order chi connectivity index (χ0) is 8.48. The highest BCUT2D eigenvalue weighted by Gasteiger charge is 2.29. The minimum Gasteiger partial charge on any atom is -0.300 e. The van der Waals surface area contributed by atoms with E-state index in [1.807, 2.05) is 0 Å². The summed E-state index contributed by atoms with van der Waals surface area (Å²) in [5.74, 6) is 0.0323. The van der Waals surface area contributed by atoms with Gasteiger partial charge in [0, 0.05) is 12.8 Å². The van der Waals surface area contributed by atoms with Crippen molar-refractivity contribution in [2.75, 3.05) is 0 Å². The van der Waals surface area contributed by atoms with Crippen molar-refractivity contribution in [1.29, 1.82) is 0 Å². The van der Waals surface area contributed by atoms with Crippen LogP contribution in [0.15, 0.2) is 0 Å². The van der Waals surface area contributed by atoms with Crippen LogP contribution in [0.25, 0.3) is 0 Å². The van der Waals surface area contributed by atoms with Gasteiger partial charge in [-0.3, -0.25) is 4.79 Å². The predicted molar refractivity (Wildman–Crippen MR) is 37.3 cm³/mol. The van der Waals surface area contributed by atoms with E-state index in [1.54, 1.807) is 0 Å². The van der Waals surface area contributed by atoms with Crippen molar-refractivity contribution in [2.45, 2.75) is 30.9 Å². The molecule has 1 aliphatic carbocycles. The Bertz CT molecular complexity index is 247. The smallest absolute Gasteiger partial charge is 0.300 e. The average molecular weight is 180 g/mol. The van der Waals surface area contributed by atoms with Crippen molar-refractivity contribution in [3.63, 3.8) is 0 Å². The number of halogens is 1. The molecule has 0 N–H and O–H groups in total. The molecule has 0 bridgehead atoms. The van der Waals surface area contributed by atoms with E-state index >= 15 is 0 Å². The molecule has 1 saturated carbocycles. The Hall–Kier alpha value is -0.450. The number of hydrogen-bond donors (Lipinski definition) is 0. The van der Waals surface area contributed by atoms with Crippen LogP contribution in [0.1, 0.15) is 25.7 Å². The molecule has 3 nitrogen and oxygen atoms in total. The maximum atomic E-state index is 12.3. The second-order valence-corrected chi connectivity index (χ2v) is 4.33. The molecule has 0 aliphatic heterocycles. The van der Waals surface area contributed by atoms with Gasteiger partial charge in [0.2, 0.25) is 0 Å². The molecule has 0 aromatic rings. The average Bonchev–Trinajstić information content (AvgIpc) is 1.86. The quantitative estimate of drug-likeness (QED) is 0.561. The maximum absolute atomic E-state index is 12.3. The molecule has 5 heteroatoms. The predicted octanol–water partition coefficient (Wildman–Crippen LogP) is 0.797. The Morgan fingerprint density at radius 2 is 1.73 bits per heavy atom. The lowest BCUT2D eigenvalue weighted by Crippen LogP contribution is -2.24. The van der Waals surface area contributed by atoms with Crippen LogP contribution in [-0.2, 0) is 15.0 Å². The van der Waals surface area contributed by atoms with Gasteiger partial charge in [0.15, 0.2) is 0 Å². The molecular formula is C6H9FO3S. The maximum Gasteiger partial charge on any atom is 0.305 e. The third-order valence-corrected chi connectivity index (χ3v) is 3.16. The summed E-state index contributed by atoms with van der Waals surface area (Å²) in [4.78, 5) is 10.6. The fourth-order valence-electron chi connectivity index (χ4n) is 1.19. The molecule has 0 spiro atoms. The first-order valence-electron chi connectivity index (χ1n) is 3.45. The second kappa shape index (κ2) is 2.89. The number of hydrogen-bond acceptors (Lipinski definition) is 3. The van der Waals surface area contributed by atoms with Crippen molar-refractivity contribution in [2.24, 2.45) is 0 Å². The summed E-state index contributed by atoms with van der Waals surface area (Å²) in [6, 6.07) is 0. The van der Waals surface area contributed by atoms with Gasteiger partial charge < -0.3 is 0 Å². The van der Waals surface area contributed by atoms with Gasteiger partial charge in [-0.25, -0.2) is 0 Å². The Labute approximate surface area is 64.8 Å². The van der Waals surface area contributed by atoms with Crippen molar-refractivity contribution < 1.29 is 17.1 Å².